The zero-order chi connectivity index (χ0) is 22.7. The van der Waals surface area contributed by atoms with Gasteiger partial charge in [-0.25, -0.2) is 4.79 Å². The number of likely N-dealkylation sites (tertiary alicyclic amines) is 1. The summed E-state index contributed by atoms with van der Waals surface area (Å²) >= 11 is 0. The van der Waals surface area contributed by atoms with Crippen molar-refractivity contribution < 1.29 is 19.2 Å². The maximum atomic E-state index is 13.4. The van der Waals surface area contributed by atoms with Crippen molar-refractivity contribution in [3.05, 3.63) is 82.2 Å². The van der Waals surface area contributed by atoms with Gasteiger partial charge in [0.1, 0.15) is 6.10 Å². The van der Waals surface area contributed by atoms with Gasteiger partial charge in [0.05, 0.1) is 40.7 Å². The minimum Gasteiger partial charge on any atom is -0.457 e. The number of para-hydroxylation sites is 1. The van der Waals surface area contributed by atoms with E-state index in [0.29, 0.717) is 24.1 Å². The van der Waals surface area contributed by atoms with Gasteiger partial charge < -0.3 is 9.64 Å². The molecule has 0 spiro atoms. The van der Waals surface area contributed by atoms with Crippen molar-refractivity contribution in [3.63, 3.8) is 0 Å². The number of esters is 1. The molecule has 164 valence electrons. The summed E-state index contributed by atoms with van der Waals surface area (Å²) < 4.78 is 5.61. The Morgan fingerprint density at radius 3 is 2.44 bits per heavy atom. The molecule has 0 saturated carbocycles. The zero-order valence-corrected chi connectivity index (χ0v) is 17.3. The third-order valence-corrected chi connectivity index (χ3v) is 5.46. The van der Waals surface area contributed by atoms with Crippen molar-refractivity contribution in [1.82, 2.24) is 19.9 Å². The number of rotatable bonds is 5. The quantitative estimate of drug-likeness (QED) is 0.343. The molecule has 2 heterocycles. The van der Waals surface area contributed by atoms with Crippen LogP contribution in [0.5, 0.6) is 0 Å². The molecule has 10 nitrogen and oxygen atoms in total. The molecular formula is C22H21N5O5. The molecular weight excluding hydrogens is 414 g/mol. The zero-order valence-electron chi connectivity index (χ0n) is 17.3. The predicted molar refractivity (Wildman–Crippen MR) is 113 cm³/mol. The first kappa shape index (κ1) is 21.2. The second-order valence-electron chi connectivity index (χ2n) is 7.55. The number of aromatic nitrogens is 3. The number of non-ortho nitro benzene ring substituents is 1. The fourth-order valence-electron chi connectivity index (χ4n) is 3.72. The maximum Gasteiger partial charge on any atom is 0.338 e. The van der Waals surface area contributed by atoms with Crippen LogP contribution < -0.4 is 0 Å². The molecule has 0 bridgehead atoms. The van der Waals surface area contributed by atoms with Gasteiger partial charge in [-0.15, -0.1) is 0 Å². The molecule has 10 heteroatoms. The molecule has 0 radical (unpaired) electrons. The van der Waals surface area contributed by atoms with Gasteiger partial charge in [-0.3, -0.25) is 14.9 Å². The highest BCUT2D eigenvalue weighted by molar-refractivity contribution is 5.98. The monoisotopic (exact) mass is 435 g/mol. The lowest BCUT2D eigenvalue weighted by molar-refractivity contribution is -0.384. The van der Waals surface area contributed by atoms with Gasteiger partial charge in [0, 0.05) is 18.2 Å². The maximum absolute atomic E-state index is 13.4. The average Bonchev–Trinajstić information content (AvgIpc) is 3.35. The summed E-state index contributed by atoms with van der Waals surface area (Å²) in [7, 11) is 0. The van der Waals surface area contributed by atoms with Crippen molar-refractivity contribution in [2.24, 2.45) is 0 Å². The molecule has 32 heavy (non-hydrogen) atoms. The van der Waals surface area contributed by atoms with E-state index in [1.54, 1.807) is 35.5 Å². The Hall–Kier alpha value is -4.08. The van der Waals surface area contributed by atoms with Crippen molar-refractivity contribution in [2.45, 2.75) is 31.9 Å². The summed E-state index contributed by atoms with van der Waals surface area (Å²) in [6, 6.07) is 12.3. The lowest BCUT2D eigenvalue weighted by atomic mass is 9.99. The van der Waals surface area contributed by atoms with E-state index in [9.17, 15) is 19.7 Å². The van der Waals surface area contributed by atoms with Crippen LogP contribution in [0.2, 0.25) is 0 Å². The molecule has 1 aliphatic rings. The lowest BCUT2D eigenvalue weighted by Crippen LogP contribution is -2.48. The van der Waals surface area contributed by atoms with Crippen molar-refractivity contribution in [2.75, 3.05) is 6.54 Å². The fourth-order valence-corrected chi connectivity index (χ4v) is 3.72. The Morgan fingerprint density at radius 2 is 1.75 bits per heavy atom. The number of piperidine rings is 1. The van der Waals surface area contributed by atoms with Crippen LogP contribution in [0.1, 0.15) is 40.5 Å². The Labute approximate surface area is 183 Å². The normalized spacial score (nSPS) is 18.2. The topological polar surface area (TPSA) is 120 Å². The van der Waals surface area contributed by atoms with E-state index in [0.717, 1.165) is 0 Å². The molecule has 1 amide bonds. The van der Waals surface area contributed by atoms with Crippen molar-refractivity contribution in [1.29, 1.82) is 0 Å². The predicted octanol–water partition coefficient (Wildman–Crippen LogP) is 3.03. The number of ether oxygens (including phenoxy) is 1. The molecule has 0 aliphatic carbocycles. The highest BCUT2D eigenvalue weighted by Gasteiger charge is 2.33. The third-order valence-electron chi connectivity index (χ3n) is 5.46. The summed E-state index contributed by atoms with van der Waals surface area (Å²) in [5.41, 5.74) is 1.15. The van der Waals surface area contributed by atoms with Crippen LogP contribution in [-0.2, 0) is 4.74 Å². The standard InChI is InChI=1S/C22H21N5O5/c1-15-6-11-18(32-22(29)16-7-9-17(10-8-16)27(30)31)14-25(15)21(28)19-4-2-3-5-20(19)26-23-12-13-24-26/h2-5,7-10,12-13,15,18H,6,11,14H2,1H3/t15-,18-/m1/s1. The van der Waals surface area contributed by atoms with E-state index in [4.69, 9.17) is 4.74 Å². The highest BCUT2D eigenvalue weighted by atomic mass is 16.6. The van der Waals surface area contributed by atoms with Crippen molar-refractivity contribution in [3.8, 4) is 5.69 Å². The first-order valence-electron chi connectivity index (χ1n) is 10.2. The molecule has 3 aromatic rings. The molecule has 0 unspecified atom stereocenters. The molecule has 1 saturated heterocycles. The van der Waals surface area contributed by atoms with E-state index in [1.807, 2.05) is 13.0 Å². The van der Waals surface area contributed by atoms with Crippen LogP contribution in [-0.4, -0.2) is 55.4 Å². The first-order valence-corrected chi connectivity index (χ1v) is 10.2. The Balaban J connectivity index is 1.49. The number of benzene rings is 2. The van der Waals surface area contributed by atoms with Crippen LogP contribution in [0, 0.1) is 10.1 Å². The minimum atomic E-state index is -0.576. The summed E-state index contributed by atoms with van der Waals surface area (Å²) in [6.07, 6.45) is 3.89. The highest BCUT2D eigenvalue weighted by Crippen LogP contribution is 2.25. The number of nitro groups is 1. The number of carbonyl (C=O) groups excluding carboxylic acids is 2. The Kier molecular flexibility index (Phi) is 5.93. The molecule has 0 N–H and O–H groups in total. The Bertz CT molecular complexity index is 1130. The molecule has 1 aromatic heterocycles. The number of hydrogen-bond acceptors (Lipinski definition) is 7. The van der Waals surface area contributed by atoms with E-state index in [2.05, 4.69) is 10.2 Å². The number of amides is 1. The van der Waals surface area contributed by atoms with Crippen LogP contribution >= 0.6 is 0 Å². The van der Waals surface area contributed by atoms with Crippen LogP contribution in [0.3, 0.4) is 0 Å². The summed E-state index contributed by atoms with van der Waals surface area (Å²) in [5, 5.41) is 19.0. The summed E-state index contributed by atoms with van der Waals surface area (Å²) in [5.74, 6) is -0.769. The number of nitrogens with zero attached hydrogens (tertiary/aromatic N) is 5. The van der Waals surface area contributed by atoms with Gasteiger partial charge in [-0.1, -0.05) is 12.1 Å². The van der Waals surface area contributed by atoms with E-state index in [-0.39, 0.29) is 29.7 Å². The van der Waals surface area contributed by atoms with E-state index in [1.165, 1.54) is 29.1 Å². The molecule has 2 atom stereocenters. The van der Waals surface area contributed by atoms with Gasteiger partial charge in [0.25, 0.3) is 11.6 Å². The van der Waals surface area contributed by atoms with Crippen LogP contribution in [0.4, 0.5) is 5.69 Å². The number of carbonyl (C=O) groups is 2. The van der Waals surface area contributed by atoms with Gasteiger partial charge in [0.15, 0.2) is 0 Å². The average molecular weight is 435 g/mol. The third kappa shape index (κ3) is 4.34. The summed E-state index contributed by atoms with van der Waals surface area (Å²) in [4.78, 5) is 39.2. The van der Waals surface area contributed by atoms with Crippen LogP contribution in [0.25, 0.3) is 5.69 Å². The Morgan fingerprint density at radius 1 is 1.06 bits per heavy atom. The minimum absolute atomic E-state index is 0.0320. The fraction of sp³-hybridized carbons (Fsp3) is 0.273. The molecule has 4 rings (SSSR count). The van der Waals surface area contributed by atoms with Crippen molar-refractivity contribution >= 4 is 17.6 Å². The smallest absolute Gasteiger partial charge is 0.338 e. The van der Waals surface area contributed by atoms with Gasteiger partial charge in [-0.2, -0.15) is 15.0 Å². The molecule has 2 aromatic carbocycles. The van der Waals surface area contributed by atoms with Crippen LogP contribution in [0.15, 0.2) is 60.9 Å². The molecule has 1 aliphatic heterocycles. The lowest BCUT2D eigenvalue weighted by Gasteiger charge is -2.37. The van der Waals surface area contributed by atoms with E-state index >= 15 is 0 Å². The number of hydrogen-bond donors (Lipinski definition) is 0. The largest absolute Gasteiger partial charge is 0.457 e. The second-order valence-corrected chi connectivity index (χ2v) is 7.55. The van der Waals surface area contributed by atoms with Gasteiger partial charge in [-0.05, 0) is 44.0 Å². The second kappa shape index (κ2) is 8.96. The summed E-state index contributed by atoms with van der Waals surface area (Å²) in [6.45, 7) is 2.21. The van der Waals surface area contributed by atoms with E-state index < -0.39 is 17.0 Å². The SMILES string of the molecule is C[C@@H]1CC[C@@H](OC(=O)c2ccc([N+](=O)[O-])cc2)CN1C(=O)c1ccccc1-n1nccn1. The molecule has 1 fully saturated rings. The van der Waals surface area contributed by atoms with Gasteiger partial charge >= 0.3 is 5.97 Å². The first-order chi connectivity index (χ1) is 15.4. The van der Waals surface area contributed by atoms with Gasteiger partial charge in [0.2, 0.25) is 0 Å². The number of nitro benzene ring substituents is 1.